The van der Waals surface area contributed by atoms with Crippen molar-refractivity contribution in [2.45, 2.75) is 60.8 Å². The van der Waals surface area contributed by atoms with E-state index in [1.807, 2.05) is 27.7 Å². The molecule has 0 saturated carbocycles. The number of ketones is 2. The van der Waals surface area contributed by atoms with Gasteiger partial charge in [-0.2, -0.15) is 0 Å². The molecule has 0 saturated heterocycles. The number of carbonyl (C=O) groups is 2. The van der Waals surface area contributed by atoms with Crippen LogP contribution in [0.15, 0.2) is 48.0 Å². The summed E-state index contributed by atoms with van der Waals surface area (Å²) in [5, 5.41) is 17.4. The van der Waals surface area contributed by atoms with Gasteiger partial charge in [-0.25, -0.2) is 0 Å². The fourth-order valence-corrected chi connectivity index (χ4v) is 2.43. The molecule has 0 aromatic rings. The fraction of sp³-hybridized carbons (Fsp3) is 0.520. The third-order valence-electron chi connectivity index (χ3n) is 4.65. The number of carbonyl (C=O) groups excluding carboxylic acids is 2. The SMILES string of the molecule is C1=CC2C=CC1C2.CCC(C)C(=O)C=C(C)O.CCC(C)C(=O)C=C(C)O.[CH3-].[CH3-].[Ru+2]. The van der Waals surface area contributed by atoms with Crippen LogP contribution in [0.2, 0.25) is 0 Å². The van der Waals surface area contributed by atoms with E-state index in [1.165, 1.54) is 32.4 Å². The van der Waals surface area contributed by atoms with Crippen molar-refractivity contribution in [3.8, 4) is 0 Å². The van der Waals surface area contributed by atoms with Gasteiger partial charge in [-0.1, -0.05) is 52.0 Å². The van der Waals surface area contributed by atoms with Crippen molar-refractivity contribution < 1.29 is 39.3 Å². The summed E-state index contributed by atoms with van der Waals surface area (Å²) < 4.78 is 0. The Hall–Kier alpha value is -1.48. The minimum Gasteiger partial charge on any atom is -0.512 e. The first-order valence-corrected chi connectivity index (χ1v) is 9.79. The Labute approximate surface area is 198 Å². The van der Waals surface area contributed by atoms with E-state index in [4.69, 9.17) is 10.2 Å². The molecule has 2 rings (SSSR count). The van der Waals surface area contributed by atoms with Gasteiger partial charge in [-0.15, -0.1) is 0 Å². The van der Waals surface area contributed by atoms with Gasteiger partial charge in [0.05, 0.1) is 11.5 Å². The van der Waals surface area contributed by atoms with Gasteiger partial charge < -0.3 is 25.1 Å². The molecule has 5 heteroatoms. The summed E-state index contributed by atoms with van der Waals surface area (Å²) in [6, 6.07) is 0. The quantitative estimate of drug-likeness (QED) is 0.137. The largest absolute Gasteiger partial charge is 2.00 e. The predicted molar refractivity (Wildman–Crippen MR) is 124 cm³/mol. The van der Waals surface area contributed by atoms with Crippen molar-refractivity contribution in [2.75, 3.05) is 0 Å². The molecule has 0 fully saturated rings. The Balaban J connectivity index is -0.000000162. The van der Waals surface area contributed by atoms with Crippen LogP contribution in [-0.2, 0) is 29.1 Å². The number of hydrogen-bond acceptors (Lipinski definition) is 4. The second-order valence-electron chi connectivity index (χ2n) is 7.33. The number of hydrogen-bond donors (Lipinski definition) is 2. The number of allylic oxidation sites excluding steroid dienone is 8. The molecule has 2 N–H and O–H groups in total. The molecule has 0 aliphatic heterocycles. The van der Waals surface area contributed by atoms with Crippen LogP contribution in [-0.4, -0.2) is 21.8 Å². The molecule has 0 aromatic heterocycles. The molecule has 0 aromatic carbocycles. The molecule has 0 spiro atoms. The maximum absolute atomic E-state index is 10.9. The van der Waals surface area contributed by atoms with Gasteiger partial charge in [0.15, 0.2) is 11.6 Å². The van der Waals surface area contributed by atoms with Crippen LogP contribution >= 0.6 is 0 Å². The monoisotopic (exact) mass is 508 g/mol. The van der Waals surface area contributed by atoms with Gasteiger partial charge >= 0.3 is 19.5 Å². The summed E-state index contributed by atoms with van der Waals surface area (Å²) in [5.41, 5.74) is 0. The first kappa shape index (κ1) is 35.9. The summed E-state index contributed by atoms with van der Waals surface area (Å²) in [6.45, 7) is 10.6. The molecule has 0 radical (unpaired) electrons. The Morgan fingerprint density at radius 2 is 1.10 bits per heavy atom. The van der Waals surface area contributed by atoms with Crippen LogP contribution in [0, 0.1) is 38.5 Å². The van der Waals surface area contributed by atoms with Crippen LogP contribution in [0.1, 0.15) is 60.8 Å². The van der Waals surface area contributed by atoms with Crippen molar-refractivity contribution >= 4 is 11.6 Å². The zero-order chi connectivity index (χ0) is 21.0. The second-order valence-corrected chi connectivity index (χ2v) is 7.33. The maximum atomic E-state index is 10.9. The van der Waals surface area contributed by atoms with Crippen molar-refractivity contribution in [3.05, 3.63) is 62.8 Å². The molecular formula is C25H42O4Ru. The molecule has 2 aliphatic carbocycles. The molecular weight excluding hydrogens is 465 g/mol. The third kappa shape index (κ3) is 16.3. The van der Waals surface area contributed by atoms with E-state index in [0.29, 0.717) is 0 Å². The molecule has 0 heterocycles. The van der Waals surface area contributed by atoms with Gasteiger partial charge in [0.2, 0.25) is 0 Å². The average Bonchev–Trinajstić information content (AvgIpc) is 3.25. The smallest absolute Gasteiger partial charge is 0.512 e. The van der Waals surface area contributed by atoms with E-state index >= 15 is 0 Å². The van der Waals surface area contributed by atoms with Gasteiger partial charge in [-0.05, 0) is 44.9 Å². The topological polar surface area (TPSA) is 74.6 Å². The molecule has 30 heavy (non-hydrogen) atoms. The van der Waals surface area contributed by atoms with Gasteiger partial charge in [0, 0.05) is 24.0 Å². The van der Waals surface area contributed by atoms with E-state index in [9.17, 15) is 9.59 Å². The first-order chi connectivity index (χ1) is 12.6. The summed E-state index contributed by atoms with van der Waals surface area (Å²) in [5.74, 6) is 1.86. The van der Waals surface area contributed by atoms with Gasteiger partial charge in [0.25, 0.3) is 0 Å². The molecule has 174 valence electrons. The van der Waals surface area contributed by atoms with Crippen LogP contribution in [0.3, 0.4) is 0 Å². The Morgan fingerprint density at radius 3 is 1.23 bits per heavy atom. The standard InChI is InChI=1S/2C8H14O2.C7H8.2CH3.Ru/c2*1-4-6(2)8(10)5-7(3)9;1-2-7-4-3-6(1)5-7;;;/h2*5-6,9H,4H2,1-3H3;1-4,6-7H,5H2;2*1H3;/q;;;2*-1;+2. The zero-order valence-corrected chi connectivity index (χ0v) is 21.7. The van der Waals surface area contributed by atoms with Crippen molar-refractivity contribution in [3.63, 3.8) is 0 Å². The first-order valence-electron chi connectivity index (χ1n) is 9.79. The third-order valence-corrected chi connectivity index (χ3v) is 4.65. The number of aliphatic hydroxyl groups is 2. The second kappa shape index (κ2) is 19.5. The molecule has 0 amide bonds. The maximum Gasteiger partial charge on any atom is 2.00 e. The van der Waals surface area contributed by atoms with Crippen LogP contribution < -0.4 is 0 Å². The number of rotatable bonds is 6. The average molecular weight is 508 g/mol. The molecule has 2 atom stereocenters. The summed E-state index contributed by atoms with van der Waals surface area (Å²) in [4.78, 5) is 21.9. The van der Waals surface area contributed by atoms with Crippen LogP contribution in [0.25, 0.3) is 0 Å². The van der Waals surface area contributed by atoms with E-state index in [0.717, 1.165) is 24.7 Å². The number of fused-ring (bicyclic) bond motifs is 2. The van der Waals surface area contributed by atoms with Crippen molar-refractivity contribution in [2.24, 2.45) is 23.7 Å². The minimum absolute atomic E-state index is 0. The molecule has 2 unspecified atom stereocenters. The molecule has 2 aliphatic rings. The normalized spacial score (nSPS) is 20.1. The molecule has 2 bridgehead atoms. The van der Waals surface area contributed by atoms with Crippen LogP contribution in [0.5, 0.6) is 0 Å². The minimum atomic E-state index is 0. The van der Waals surface area contributed by atoms with Gasteiger partial charge in [0.1, 0.15) is 0 Å². The summed E-state index contributed by atoms with van der Waals surface area (Å²) in [7, 11) is 0. The fourth-order valence-electron chi connectivity index (χ4n) is 2.43. The van der Waals surface area contributed by atoms with E-state index in [1.54, 1.807) is 0 Å². The van der Waals surface area contributed by atoms with E-state index in [2.05, 4.69) is 24.3 Å². The summed E-state index contributed by atoms with van der Waals surface area (Å²) >= 11 is 0. The summed E-state index contributed by atoms with van der Waals surface area (Å²) in [6.07, 6.45) is 14.7. The van der Waals surface area contributed by atoms with Crippen molar-refractivity contribution in [1.29, 1.82) is 0 Å². The van der Waals surface area contributed by atoms with E-state index < -0.39 is 0 Å². The molecule has 4 nitrogen and oxygen atoms in total. The van der Waals surface area contributed by atoms with Crippen molar-refractivity contribution in [1.82, 2.24) is 0 Å². The Bertz CT molecular complexity index is 530. The van der Waals surface area contributed by atoms with E-state index in [-0.39, 0.29) is 69.3 Å². The number of aliphatic hydroxyl groups excluding tert-OH is 2. The van der Waals surface area contributed by atoms with Crippen LogP contribution in [0.4, 0.5) is 0 Å². The Morgan fingerprint density at radius 1 is 0.833 bits per heavy atom. The Kier molecular flexibility index (Phi) is 23.3. The predicted octanol–water partition coefficient (Wildman–Crippen LogP) is 6.77. The van der Waals surface area contributed by atoms with Gasteiger partial charge in [-0.3, -0.25) is 9.59 Å². The zero-order valence-electron chi connectivity index (χ0n) is 20.0.